The Morgan fingerprint density at radius 1 is 1.19 bits per heavy atom. The summed E-state index contributed by atoms with van der Waals surface area (Å²) in [5.41, 5.74) is 2.31. The maximum atomic E-state index is 12.5. The second-order valence-electron chi connectivity index (χ2n) is 6.70. The Balaban J connectivity index is 1.60. The van der Waals surface area contributed by atoms with Gasteiger partial charge in [0.15, 0.2) is 0 Å². The predicted octanol–water partition coefficient (Wildman–Crippen LogP) is 3.03. The van der Waals surface area contributed by atoms with Gasteiger partial charge in [-0.05, 0) is 61.1 Å². The summed E-state index contributed by atoms with van der Waals surface area (Å²) >= 11 is 1.56. The lowest BCUT2D eigenvalue weighted by atomic mass is 9.90. The first-order valence-electron chi connectivity index (χ1n) is 8.84. The van der Waals surface area contributed by atoms with E-state index in [0.717, 1.165) is 12.8 Å². The van der Waals surface area contributed by atoms with Crippen LogP contribution in [0.25, 0.3) is 0 Å². The van der Waals surface area contributed by atoms with Gasteiger partial charge in [0.1, 0.15) is 6.54 Å². The Bertz CT molecular complexity index is 857. The Morgan fingerprint density at radius 3 is 2.63 bits per heavy atom. The van der Waals surface area contributed by atoms with Gasteiger partial charge in [-0.3, -0.25) is 14.4 Å². The normalized spacial score (nSPS) is 15.6. The van der Waals surface area contributed by atoms with Gasteiger partial charge in [0.2, 0.25) is 0 Å². The topological polar surface area (TPSA) is 84.5 Å². The van der Waals surface area contributed by atoms with Crippen LogP contribution in [-0.2, 0) is 22.4 Å². The van der Waals surface area contributed by atoms with E-state index in [2.05, 4.69) is 22.3 Å². The number of esters is 1. The summed E-state index contributed by atoms with van der Waals surface area (Å²) in [5, 5.41) is 5.34. The molecule has 1 aromatic carbocycles. The minimum absolute atomic E-state index is 0.134. The lowest BCUT2D eigenvalue weighted by molar-refractivity contribution is -0.139. The third kappa shape index (κ3) is 4.74. The van der Waals surface area contributed by atoms with Crippen LogP contribution in [0.15, 0.2) is 30.3 Å². The van der Waals surface area contributed by atoms with Crippen molar-refractivity contribution in [2.24, 2.45) is 5.92 Å². The van der Waals surface area contributed by atoms with E-state index < -0.39 is 5.97 Å². The van der Waals surface area contributed by atoms with Gasteiger partial charge >= 0.3 is 5.97 Å². The number of carbonyl (C=O) groups excluding carboxylic acids is 3. The molecule has 142 valence electrons. The van der Waals surface area contributed by atoms with Crippen LogP contribution in [0.4, 0.5) is 5.69 Å². The van der Waals surface area contributed by atoms with E-state index in [4.69, 9.17) is 0 Å². The molecule has 0 aliphatic heterocycles. The van der Waals surface area contributed by atoms with Crippen LogP contribution in [0.3, 0.4) is 0 Å². The second-order valence-corrected chi connectivity index (χ2v) is 7.83. The number of methoxy groups -OCH3 is 1. The summed E-state index contributed by atoms with van der Waals surface area (Å²) in [5.74, 6) is -0.357. The van der Waals surface area contributed by atoms with Gasteiger partial charge in [-0.25, -0.2) is 0 Å². The molecule has 1 aliphatic carbocycles. The predicted molar refractivity (Wildman–Crippen MR) is 104 cm³/mol. The standard InChI is InChI=1S/C20H22N2O4S/c1-12-3-8-16-14(9-12)10-17(27-16)20(25)22-15-6-4-13(5-7-15)19(24)21-11-18(23)26-2/h4-7,10,12H,3,8-9,11H2,1-2H3,(H,21,24)(H,22,25). The number of nitrogens with one attached hydrogen (secondary N) is 2. The monoisotopic (exact) mass is 386 g/mol. The fraction of sp³-hybridized carbons (Fsp3) is 0.350. The number of ether oxygens (including phenoxy) is 1. The molecule has 27 heavy (non-hydrogen) atoms. The van der Waals surface area contributed by atoms with Crippen LogP contribution in [0.2, 0.25) is 0 Å². The number of benzene rings is 1. The first kappa shape index (κ1) is 19.1. The van der Waals surface area contributed by atoms with Gasteiger partial charge in [0.05, 0.1) is 12.0 Å². The smallest absolute Gasteiger partial charge is 0.325 e. The fourth-order valence-corrected chi connectivity index (χ4v) is 4.15. The van der Waals surface area contributed by atoms with E-state index in [1.807, 2.05) is 6.07 Å². The number of anilines is 1. The molecule has 3 rings (SSSR count). The molecule has 7 heteroatoms. The van der Waals surface area contributed by atoms with Crippen LogP contribution in [0, 0.1) is 5.92 Å². The summed E-state index contributed by atoms with van der Waals surface area (Å²) in [6, 6.07) is 8.54. The van der Waals surface area contributed by atoms with E-state index in [1.54, 1.807) is 35.6 Å². The highest BCUT2D eigenvalue weighted by atomic mass is 32.1. The first-order chi connectivity index (χ1) is 13.0. The highest BCUT2D eigenvalue weighted by molar-refractivity contribution is 7.14. The number of hydrogen-bond acceptors (Lipinski definition) is 5. The molecule has 2 aromatic rings. The summed E-state index contributed by atoms with van der Waals surface area (Å²) in [7, 11) is 1.26. The molecule has 6 nitrogen and oxygen atoms in total. The maximum absolute atomic E-state index is 12.5. The van der Waals surface area contributed by atoms with Crippen LogP contribution in [0.1, 0.15) is 43.8 Å². The Morgan fingerprint density at radius 2 is 1.93 bits per heavy atom. The Hall–Kier alpha value is -2.67. The zero-order chi connectivity index (χ0) is 19.4. The van der Waals surface area contributed by atoms with Gasteiger partial charge in [-0.15, -0.1) is 11.3 Å². The molecule has 0 spiro atoms. The summed E-state index contributed by atoms with van der Waals surface area (Å²) in [6.45, 7) is 2.05. The van der Waals surface area contributed by atoms with E-state index in [1.165, 1.54) is 24.0 Å². The van der Waals surface area contributed by atoms with Crippen molar-refractivity contribution < 1.29 is 19.1 Å². The molecule has 1 aromatic heterocycles. The van der Waals surface area contributed by atoms with Gasteiger partial charge in [-0.1, -0.05) is 6.92 Å². The van der Waals surface area contributed by atoms with Crippen LogP contribution in [0.5, 0.6) is 0 Å². The van der Waals surface area contributed by atoms with Crippen molar-refractivity contribution >= 4 is 34.8 Å². The summed E-state index contributed by atoms with van der Waals surface area (Å²) in [6.07, 6.45) is 3.26. The second kappa shape index (κ2) is 8.35. The molecule has 0 saturated carbocycles. The zero-order valence-electron chi connectivity index (χ0n) is 15.3. The third-order valence-corrected chi connectivity index (χ3v) is 5.81. The molecule has 1 unspecified atom stereocenters. The number of aryl methyl sites for hydroxylation is 1. The molecule has 0 bridgehead atoms. The van der Waals surface area contributed by atoms with Gasteiger partial charge in [-0.2, -0.15) is 0 Å². The molecule has 2 amide bonds. The molecule has 1 heterocycles. The minimum atomic E-state index is -0.514. The van der Waals surface area contributed by atoms with Crippen molar-refractivity contribution in [1.82, 2.24) is 5.32 Å². The number of hydrogen-bond donors (Lipinski definition) is 2. The third-order valence-electron chi connectivity index (χ3n) is 4.58. The highest BCUT2D eigenvalue weighted by Gasteiger charge is 2.20. The lowest BCUT2D eigenvalue weighted by Gasteiger charge is -2.16. The van der Waals surface area contributed by atoms with Crippen molar-refractivity contribution in [3.8, 4) is 0 Å². The van der Waals surface area contributed by atoms with E-state index in [-0.39, 0.29) is 18.4 Å². The Labute approximate surface area is 161 Å². The van der Waals surface area contributed by atoms with Crippen molar-refractivity contribution in [1.29, 1.82) is 0 Å². The van der Waals surface area contributed by atoms with Crippen LogP contribution >= 0.6 is 11.3 Å². The zero-order valence-corrected chi connectivity index (χ0v) is 16.2. The average molecular weight is 386 g/mol. The quantitative estimate of drug-likeness (QED) is 0.774. The molecular weight excluding hydrogens is 364 g/mol. The molecule has 2 N–H and O–H groups in total. The van der Waals surface area contributed by atoms with Gasteiger partial charge < -0.3 is 15.4 Å². The van der Waals surface area contributed by atoms with Crippen LogP contribution in [-0.4, -0.2) is 31.4 Å². The fourth-order valence-electron chi connectivity index (χ4n) is 3.04. The molecule has 1 aliphatic rings. The van der Waals surface area contributed by atoms with Crippen molar-refractivity contribution in [2.45, 2.75) is 26.2 Å². The van der Waals surface area contributed by atoms with E-state index >= 15 is 0 Å². The van der Waals surface area contributed by atoms with Gasteiger partial charge in [0.25, 0.3) is 11.8 Å². The number of rotatable bonds is 5. The van der Waals surface area contributed by atoms with Gasteiger partial charge in [0, 0.05) is 16.1 Å². The van der Waals surface area contributed by atoms with Crippen molar-refractivity contribution in [3.05, 3.63) is 51.2 Å². The van der Waals surface area contributed by atoms with E-state index in [0.29, 0.717) is 22.0 Å². The largest absolute Gasteiger partial charge is 0.468 e. The number of fused-ring (bicyclic) bond motifs is 1. The maximum Gasteiger partial charge on any atom is 0.325 e. The van der Waals surface area contributed by atoms with E-state index in [9.17, 15) is 14.4 Å². The summed E-state index contributed by atoms with van der Waals surface area (Å²) in [4.78, 5) is 37.6. The molecule has 1 atom stereocenters. The molecular formula is C20H22N2O4S. The number of carbonyl (C=O) groups is 3. The number of amides is 2. The van der Waals surface area contributed by atoms with Crippen molar-refractivity contribution in [3.63, 3.8) is 0 Å². The first-order valence-corrected chi connectivity index (χ1v) is 9.66. The Kier molecular flexibility index (Phi) is 5.91. The van der Waals surface area contributed by atoms with Crippen LogP contribution < -0.4 is 10.6 Å². The average Bonchev–Trinajstić information content (AvgIpc) is 3.09. The SMILES string of the molecule is COC(=O)CNC(=O)c1ccc(NC(=O)c2cc3c(s2)CCC(C)C3)cc1. The number of thiophene rings is 1. The highest BCUT2D eigenvalue weighted by Crippen LogP contribution is 2.32. The molecule has 0 fully saturated rings. The molecule has 0 radical (unpaired) electrons. The lowest BCUT2D eigenvalue weighted by Crippen LogP contribution is -2.30. The molecule has 0 saturated heterocycles. The minimum Gasteiger partial charge on any atom is -0.468 e. The van der Waals surface area contributed by atoms with Crippen molar-refractivity contribution in [2.75, 3.05) is 19.0 Å². The summed E-state index contributed by atoms with van der Waals surface area (Å²) < 4.78 is 4.48.